The molecule has 0 aromatic carbocycles. The summed E-state index contributed by atoms with van der Waals surface area (Å²) in [6, 6.07) is 0.729. The van der Waals surface area contributed by atoms with Crippen LogP contribution in [0.25, 0.3) is 0 Å². The summed E-state index contributed by atoms with van der Waals surface area (Å²) in [7, 11) is 0. The van der Waals surface area contributed by atoms with Crippen molar-refractivity contribution in [1.29, 1.82) is 0 Å². The lowest BCUT2D eigenvalue weighted by molar-refractivity contribution is -0.133. The molecule has 1 atom stereocenters. The molecule has 1 aliphatic carbocycles. The third-order valence-electron chi connectivity index (χ3n) is 6.37. The Morgan fingerprint density at radius 2 is 1.56 bits per heavy atom. The maximum absolute atomic E-state index is 12.7. The van der Waals surface area contributed by atoms with Crippen molar-refractivity contribution in [3.8, 4) is 0 Å². The lowest BCUT2D eigenvalue weighted by Gasteiger charge is -2.35. The van der Waals surface area contributed by atoms with Crippen LogP contribution >= 0.6 is 0 Å². The highest BCUT2D eigenvalue weighted by Gasteiger charge is 2.36. The van der Waals surface area contributed by atoms with Crippen molar-refractivity contribution in [3.05, 3.63) is 0 Å². The number of carbonyl (C=O) groups is 2. The number of amides is 3. The van der Waals surface area contributed by atoms with Crippen LogP contribution in [0.2, 0.25) is 0 Å². The molecule has 140 valence electrons. The van der Waals surface area contributed by atoms with Crippen LogP contribution in [0.15, 0.2) is 0 Å². The number of nitrogens with one attached hydrogen (secondary N) is 1. The second kappa shape index (κ2) is 7.52. The first kappa shape index (κ1) is 17.1. The van der Waals surface area contributed by atoms with Gasteiger partial charge in [-0.2, -0.15) is 0 Å². The Kier molecular flexibility index (Phi) is 5.15. The van der Waals surface area contributed by atoms with Crippen LogP contribution in [0.4, 0.5) is 4.79 Å². The lowest BCUT2D eigenvalue weighted by Crippen LogP contribution is -2.52. The molecule has 0 radical (unpaired) electrons. The van der Waals surface area contributed by atoms with Crippen molar-refractivity contribution in [2.45, 2.75) is 63.5 Å². The summed E-state index contributed by atoms with van der Waals surface area (Å²) in [4.78, 5) is 31.5. The van der Waals surface area contributed by atoms with E-state index in [0.29, 0.717) is 17.9 Å². The monoisotopic (exact) mass is 348 g/mol. The average molecular weight is 348 g/mol. The number of likely N-dealkylation sites (tertiary alicyclic amines) is 3. The van der Waals surface area contributed by atoms with E-state index in [1.54, 1.807) is 0 Å². The van der Waals surface area contributed by atoms with E-state index >= 15 is 0 Å². The predicted molar refractivity (Wildman–Crippen MR) is 96.3 cm³/mol. The minimum absolute atomic E-state index is 0.119. The summed E-state index contributed by atoms with van der Waals surface area (Å²) in [5.41, 5.74) is 0. The normalized spacial score (nSPS) is 28.6. The van der Waals surface area contributed by atoms with Crippen LogP contribution in [-0.4, -0.2) is 78.0 Å². The third kappa shape index (κ3) is 4.10. The SMILES string of the molecule is O=C(C1CC1)N1CCC(NC(=O)N2CCC[C@H]2CN2CCCC2)CC1. The molecule has 3 saturated heterocycles. The molecule has 6 heteroatoms. The smallest absolute Gasteiger partial charge is 0.317 e. The molecule has 0 aromatic heterocycles. The fourth-order valence-corrected chi connectivity index (χ4v) is 4.65. The van der Waals surface area contributed by atoms with Gasteiger partial charge in [-0.3, -0.25) is 4.79 Å². The van der Waals surface area contributed by atoms with Crippen LogP contribution in [-0.2, 0) is 4.79 Å². The van der Waals surface area contributed by atoms with Crippen molar-refractivity contribution in [1.82, 2.24) is 20.0 Å². The van der Waals surface area contributed by atoms with Gasteiger partial charge < -0.3 is 20.0 Å². The summed E-state index contributed by atoms with van der Waals surface area (Å²) in [6.45, 7) is 5.93. The first-order valence-corrected chi connectivity index (χ1v) is 10.3. The Bertz CT molecular complexity index is 494. The standard InChI is InChI=1S/C19H32N4O2/c24-18(15-5-6-15)22-12-7-16(8-13-22)20-19(25)23-11-3-4-17(23)14-21-9-1-2-10-21/h15-17H,1-14H2,(H,20,25)/t17-/m0/s1. The van der Waals surface area contributed by atoms with Crippen molar-refractivity contribution in [3.63, 3.8) is 0 Å². The molecule has 25 heavy (non-hydrogen) atoms. The molecule has 4 rings (SSSR count). The molecular formula is C19H32N4O2. The van der Waals surface area contributed by atoms with Crippen LogP contribution in [0.5, 0.6) is 0 Å². The molecule has 3 aliphatic heterocycles. The molecule has 1 N–H and O–H groups in total. The fraction of sp³-hybridized carbons (Fsp3) is 0.895. The van der Waals surface area contributed by atoms with Crippen LogP contribution < -0.4 is 5.32 Å². The number of piperidine rings is 1. The van der Waals surface area contributed by atoms with Gasteiger partial charge in [0.1, 0.15) is 0 Å². The first-order chi connectivity index (χ1) is 12.2. The molecule has 6 nitrogen and oxygen atoms in total. The second-order valence-electron chi connectivity index (χ2n) is 8.32. The van der Waals surface area contributed by atoms with Gasteiger partial charge in [-0.25, -0.2) is 4.79 Å². The largest absolute Gasteiger partial charge is 0.342 e. The summed E-state index contributed by atoms with van der Waals surface area (Å²) in [6.07, 6.45) is 8.81. The molecule has 3 amide bonds. The van der Waals surface area contributed by atoms with Crippen molar-refractivity contribution in [2.75, 3.05) is 39.3 Å². The van der Waals surface area contributed by atoms with Crippen molar-refractivity contribution >= 4 is 11.9 Å². The van der Waals surface area contributed by atoms with Gasteiger partial charge in [0.15, 0.2) is 0 Å². The second-order valence-corrected chi connectivity index (χ2v) is 8.32. The highest BCUT2D eigenvalue weighted by Crippen LogP contribution is 2.32. The van der Waals surface area contributed by atoms with E-state index in [1.165, 1.54) is 25.9 Å². The minimum Gasteiger partial charge on any atom is -0.342 e. The fourth-order valence-electron chi connectivity index (χ4n) is 4.65. The molecule has 0 bridgehead atoms. The quantitative estimate of drug-likeness (QED) is 0.841. The number of hydrogen-bond donors (Lipinski definition) is 1. The molecule has 3 heterocycles. The predicted octanol–water partition coefficient (Wildman–Crippen LogP) is 1.66. The highest BCUT2D eigenvalue weighted by molar-refractivity contribution is 5.81. The molecule has 4 fully saturated rings. The number of urea groups is 1. The summed E-state index contributed by atoms with van der Waals surface area (Å²) >= 11 is 0. The maximum Gasteiger partial charge on any atom is 0.317 e. The highest BCUT2D eigenvalue weighted by atomic mass is 16.2. The van der Waals surface area contributed by atoms with Crippen LogP contribution in [0.3, 0.4) is 0 Å². The Labute approximate surface area is 150 Å². The van der Waals surface area contributed by atoms with Crippen molar-refractivity contribution in [2.24, 2.45) is 5.92 Å². The van der Waals surface area contributed by atoms with Crippen LogP contribution in [0, 0.1) is 5.92 Å². The number of rotatable bonds is 4. The van der Waals surface area contributed by atoms with Gasteiger partial charge in [-0.1, -0.05) is 0 Å². The van der Waals surface area contributed by atoms with E-state index in [0.717, 1.165) is 64.7 Å². The molecule has 0 unspecified atom stereocenters. The number of carbonyl (C=O) groups excluding carboxylic acids is 2. The Balaban J connectivity index is 1.23. The van der Waals surface area contributed by atoms with E-state index in [2.05, 4.69) is 15.1 Å². The summed E-state index contributed by atoms with van der Waals surface area (Å²) < 4.78 is 0. The Morgan fingerprint density at radius 1 is 0.840 bits per heavy atom. The van der Waals surface area contributed by atoms with Crippen LogP contribution in [0.1, 0.15) is 51.4 Å². The zero-order valence-electron chi connectivity index (χ0n) is 15.3. The van der Waals surface area contributed by atoms with Gasteiger partial charge in [0, 0.05) is 44.2 Å². The van der Waals surface area contributed by atoms with E-state index in [9.17, 15) is 9.59 Å². The summed E-state index contributed by atoms with van der Waals surface area (Å²) in [5.74, 6) is 0.650. The van der Waals surface area contributed by atoms with Gasteiger partial charge >= 0.3 is 6.03 Å². The first-order valence-electron chi connectivity index (χ1n) is 10.3. The maximum atomic E-state index is 12.7. The van der Waals surface area contributed by atoms with Gasteiger partial charge in [-0.15, -0.1) is 0 Å². The zero-order valence-corrected chi connectivity index (χ0v) is 15.3. The van der Waals surface area contributed by atoms with E-state index in [1.807, 2.05) is 4.90 Å². The third-order valence-corrected chi connectivity index (χ3v) is 6.37. The minimum atomic E-state index is 0.119. The summed E-state index contributed by atoms with van der Waals surface area (Å²) in [5, 5.41) is 3.25. The number of nitrogens with zero attached hydrogens (tertiary/aromatic N) is 3. The molecule has 4 aliphatic rings. The molecule has 0 aromatic rings. The lowest BCUT2D eigenvalue weighted by atomic mass is 10.0. The van der Waals surface area contributed by atoms with Gasteiger partial charge in [0.25, 0.3) is 0 Å². The van der Waals surface area contributed by atoms with Gasteiger partial charge in [0.2, 0.25) is 5.91 Å². The molecular weight excluding hydrogens is 316 g/mol. The van der Waals surface area contributed by atoms with E-state index in [-0.39, 0.29) is 12.1 Å². The topological polar surface area (TPSA) is 55.9 Å². The molecule has 0 spiro atoms. The van der Waals surface area contributed by atoms with E-state index in [4.69, 9.17) is 0 Å². The van der Waals surface area contributed by atoms with Gasteiger partial charge in [0.05, 0.1) is 0 Å². The number of hydrogen-bond acceptors (Lipinski definition) is 3. The molecule has 1 saturated carbocycles. The van der Waals surface area contributed by atoms with Crippen molar-refractivity contribution < 1.29 is 9.59 Å². The Morgan fingerprint density at radius 3 is 2.24 bits per heavy atom. The Hall–Kier alpha value is -1.30. The van der Waals surface area contributed by atoms with Gasteiger partial charge in [-0.05, 0) is 64.5 Å². The zero-order chi connectivity index (χ0) is 17.2. The van der Waals surface area contributed by atoms with E-state index < -0.39 is 0 Å². The average Bonchev–Trinajstić information content (AvgIpc) is 3.15.